The number of carbonyl (C=O) groups excluding carboxylic acids is 1. The molecule has 1 aromatic rings. The van der Waals surface area contributed by atoms with E-state index in [4.69, 9.17) is 5.26 Å². The largest absolute Gasteiger partial charge is 0.328 e. The van der Waals surface area contributed by atoms with E-state index in [0.29, 0.717) is 5.56 Å². The van der Waals surface area contributed by atoms with E-state index in [1.165, 1.54) is 4.90 Å². The quantitative estimate of drug-likeness (QED) is 0.620. The van der Waals surface area contributed by atoms with Crippen molar-refractivity contribution in [1.82, 2.24) is 4.90 Å². The van der Waals surface area contributed by atoms with Gasteiger partial charge in [-0.15, -0.1) is 0 Å². The van der Waals surface area contributed by atoms with Gasteiger partial charge < -0.3 is 4.90 Å². The van der Waals surface area contributed by atoms with Crippen molar-refractivity contribution in [2.45, 2.75) is 6.92 Å². The van der Waals surface area contributed by atoms with E-state index in [1.807, 2.05) is 25.1 Å². The fourth-order valence-electron chi connectivity index (χ4n) is 1.18. The third-order valence-corrected chi connectivity index (χ3v) is 3.27. The van der Waals surface area contributed by atoms with Gasteiger partial charge in [0.1, 0.15) is 6.54 Å². The molecule has 0 atom stereocenters. The molecule has 0 aromatic heterocycles. The Morgan fingerprint density at radius 3 is 2.80 bits per heavy atom. The molecule has 78 valence electrons. The number of carbonyl (C=O) groups is 1. The SMILES string of the molecule is Cc1cc(C(=O)N(C)CC#N)ccc1I. The maximum atomic E-state index is 11.8. The van der Waals surface area contributed by atoms with Gasteiger partial charge in [-0.05, 0) is 53.3 Å². The summed E-state index contributed by atoms with van der Waals surface area (Å²) in [6.45, 7) is 2.08. The van der Waals surface area contributed by atoms with E-state index < -0.39 is 0 Å². The van der Waals surface area contributed by atoms with Crippen molar-refractivity contribution in [3.8, 4) is 6.07 Å². The molecule has 0 aliphatic rings. The van der Waals surface area contributed by atoms with Gasteiger partial charge in [0.25, 0.3) is 5.91 Å². The third kappa shape index (κ3) is 2.93. The zero-order chi connectivity index (χ0) is 11.4. The number of nitrogens with zero attached hydrogens (tertiary/aromatic N) is 2. The molecule has 0 heterocycles. The second kappa shape index (κ2) is 5.12. The average molecular weight is 314 g/mol. The van der Waals surface area contributed by atoms with Gasteiger partial charge in [0.2, 0.25) is 0 Å². The molecule has 0 saturated heterocycles. The first-order chi connectivity index (χ1) is 7.06. The van der Waals surface area contributed by atoms with Crippen LogP contribution >= 0.6 is 22.6 Å². The maximum absolute atomic E-state index is 11.8. The molecule has 1 aromatic carbocycles. The molecular weight excluding hydrogens is 303 g/mol. The van der Waals surface area contributed by atoms with Crippen LogP contribution < -0.4 is 0 Å². The fourth-order valence-corrected chi connectivity index (χ4v) is 1.51. The van der Waals surface area contributed by atoms with Gasteiger partial charge in [0.05, 0.1) is 6.07 Å². The lowest BCUT2D eigenvalue weighted by Gasteiger charge is -2.13. The highest BCUT2D eigenvalue weighted by Crippen LogP contribution is 2.14. The van der Waals surface area contributed by atoms with Crippen molar-refractivity contribution in [3.05, 3.63) is 32.9 Å². The van der Waals surface area contributed by atoms with Crippen LogP contribution in [-0.4, -0.2) is 24.4 Å². The number of rotatable bonds is 2. The second-order valence-corrected chi connectivity index (χ2v) is 4.45. The predicted molar refractivity (Wildman–Crippen MR) is 66.5 cm³/mol. The van der Waals surface area contributed by atoms with Crippen LogP contribution in [0.1, 0.15) is 15.9 Å². The molecule has 15 heavy (non-hydrogen) atoms. The predicted octanol–water partition coefficient (Wildman–Crippen LogP) is 2.20. The minimum Gasteiger partial charge on any atom is -0.328 e. The van der Waals surface area contributed by atoms with Gasteiger partial charge in [-0.3, -0.25) is 4.79 Å². The standard InChI is InChI=1S/C11H11IN2O/c1-8-7-9(3-4-10(8)12)11(15)14(2)6-5-13/h3-4,7H,6H2,1-2H3. The Kier molecular flexibility index (Phi) is 4.09. The molecule has 0 N–H and O–H groups in total. The van der Waals surface area contributed by atoms with E-state index in [2.05, 4.69) is 22.6 Å². The minimum absolute atomic E-state index is 0.115. The van der Waals surface area contributed by atoms with E-state index in [-0.39, 0.29) is 12.5 Å². The topological polar surface area (TPSA) is 44.1 Å². The zero-order valence-electron chi connectivity index (χ0n) is 8.62. The van der Waals surface area contributed by atoms with Crippen LogP contribution in [-0.2, 0) is 0 Å². The van der Waals surface area contributed by atoms with Crippen LogP contribution in [0.25, 0.3) is 0 Å². The van der Waals surface area contributed by atoms with E-state index in [9.17, 15) is 4.79 Å². The minimum atomic E-state index is -0.115. The summed E-state index contributed by atoms with van der Waals surface area (Å²) in [7, 11) is 1.62. The number of benzene rings is 1. The first-order valence-electron chi connectivity index (χ1n) is 4.45. The van der Waals surface area contributed by atoms with Crippen LogP contribution in [0.5, 0.6) is 0 Å². The normalized spacial score (nSPS) is 9.47. The van der Waals surface area contributed by atoms with Crippen LogP contribution in [0.4, 0.5) is 0 Å². The first kappa shape index (κ1) is 12.0. The van der Waals surface area contributed by atoms with Gasteiger partial charge in [-0.2, -0.15) is 5.26 Å². The number of halogens is 1. The summed E-state index contributed by atoms with van der Waals surface area (Å²) in [4.78, 5) is 13.2. The molecule has 0 saturated carbocycles. The lowest BCUT2D eigenvalue weighted by molar-refractivity contribution is 0.0812. The van der Waals surface area contributed by atoms with Crippen molar-refractivity contribution in [1.29, 1.82) is 5.26 Å². The van der Waals surface area contributed by atoms with Crippen molar-refractivity contribution in [2.24, 2.45) is 0 Å². The van der Waals surface area contributed by atoms with Crippen molar-refractivity contribution >= 4 is 28.5 Å². The summed E-state index contributed by atoms with van der Waals surface area (Å²) >= 11 is 2.22. The molecule has 3 nitrogen and oxygen atoms in total. The monoisotopic (exact) mass is 314 g/mol. The van der Waals surface area contributed by atoms with Crippen LogP contribution in [0.15, 0.2) is 18.2 Å². The van der Waals surface area contributed by atoms with Gasteiger partial charge in [-0.25, -0.2) is 0 Å². The Morgan fingerprint density at radius 1 is 1.60 bits per heavy atom. The summed E-state index contributed by atoms with van der Waals surface area (Å²) in [6.07, 6.45) is 0. The smallest absolute Gasteiger partial charge is 0.254 e. The zero-order valence-corrected chi connectivity index (χ0v) is 10.8. The Morgan fingerprint density at radius 2 is 2.27 bits per heavy atom. The Hall–Kier alpha value is -1.09. The molecule has 0 fully saturated rings. The molecule has 1 rings (SSSR count). The number of nitriles is 1. The van der Waals surface area contributed by atoms with Gasteiger partial charge >= 0.3 is 0 Å². The van der Waals surface area contributed by atoms with Crippen molar-refractivity contribution < 1.29 is 4.79 Å². The Balaban J connectivity index is 2.93. The molecule has 0 radical (unpaired) electrons. The molecule has 0 aliphatic carbocycles. The molecule has 1 amide bonds. The summed E-state index contributed by atoms with van der Waals surface area (Å²) in [6, 6.07) is 7.48. The molecule has 0 spiro atoms. The lowest BCUT2D eigenvalue weighted by atomic mass is 10.1. The number of hydrogen-bond donors (Lipinski definition) is 0. The molecule has 4 heteroatoms. The average Bonchev–Trinajstić information content (AvgIpc) is 2.21. The second-order valence-electron chi connectivity index (χ2n) is 3.28. The van der Waals surface area contributed by atoms with Crippen molar-refractivity contribution in [2.75, 3.05) is 13.6 Å². The third-order valence-electron chi connectivity index (χ3n) is 2.06. The van der Waals surface area contributed by atoms with Crippen LogP contribution in [0.2, 0.25) is 0 Å². The fraction of sp³-hybridized carbons (Fsp3) is 0.273. The lowest BCUT2D eigenvalue weighted by Crippen LogP contribution is -2.26. The summed E-state index contributed by atoms with van der Waals surface area (Å²) in [5.74, 6) is -0.115. The maximum Gasteiger partial charge on any atom is 0.254 e. The van der Waals surface area contributed by atoms with Gasteiger partial charge in [0, 0.05) is 16.2 Å². The highest BCUT2D eigenvalue weighted by atomic mass is 127. The van der Waals surface area contributed by atoms with Crippen molar-refractivity contribution in [3.63, 3.8) is 0 Å². The number of aryl methyl sites for hydroxylation is 1. The van der Waals surface area contributed by atoms with Crippen LogP contribution in [0.3, 0.4) is 0 Å². The number of hydrogen-bond acceptors (Lipinski definition) is 2. The first-order valence-corrected chi connectivity index (χ1v) is 5.52. The Bertz CT molecular complexity index is 423. The highest BCUT2D eigenvalue weighted by Gasteiger charge is 2.11. The van der Waals surface area contributed by atoms with E-state index in [1.54, 1.807) is 13.1 Å². The van der Waals surface area contributed by atoms with Gasteiger partial charge in [0.15, 0.2) is 0 Å². The highest BCUT2D eigenvalue weighted by molar-refractivity contribution is 14.1. The molecule has 0 unspecified atom stereocenters. The van der Waals surface area contributed by atoms with Gasteiger partial charge in [-0.1, -0.05) is 0 Å². The summed E-state index contributed by atoms with van der Waals surface area (Å²) < 4.78 is 1.13. The summed E-state index contributed by atoms with van der Waals surface area (Å²) in [5.41, 5.74) is 1.71. The molecule has 0 aliphatic heterocycles. The molecule has 0 bridgehead atoms. The van der Waals surface area contributed by atoms with Crippen LogP contribution in [0, 0.1) is 21.8 Å². The number of amides is 1. The Labute approximate surface area is 103 Å². The van der Waals surface area contributed by atoms with E-state index in [0.717, 1.165) is 9.13 Å². The summed E-state index contributed by atoms with van der Waals surface area (Å²) in [5, 5.41) is 8.49. The molecular formula is C11H11IN2O. The van der Waals surface area contributed by atoms with E-state index >= 15 is 0 Å².